The minimum absolute atomic E-state index is 0.0179. The van der Waals surface area contributed by atoms with Crippen LogP contribution in [0.25, 0.3) is 0 Å². The van der Waals surface area contributed by atoms with Crippen LogP contribution < -0.4 is 0 Å². The Labute approximate surface area is 109 Å². The van der Waals surface area contributed by atoms with Crippen LogP contribution in [0.3, 0.4) is 0 Å². The smallest absolute Gasteiger partial charge is 0.129 e. The summed E-state index contributed by atoms with van der Waals surface area (Å²) in [6, 6.07) is 4.48. The van der Waals surface area contributed by atoms with Crippen LogP contribution in [-0.4, -0.2) is 47.6 Å². The van der Waals surface area contributed by atoms with Gasteiger partial charge in [-0.2, -0.15) is 0 Å². The molecule has 4 heteroatoms. The molecule has 1 saturated heterocycles. The van der Waals surface area contributed by atoms with Crippen molar-refractivity contribution in [2.24, 2.45) is 0 Å². The van der Waals surface area contributed by atoms with E-state index in [1.54, 1.807) is 0 Å². The lowest BCUT2D eigenvalue weighted by Gasteiger charge is -2.27. The van der Waals surface area contributed by atoms with Crippen LogP contribution in [0.1, 0.15) is 31.3 Å². The molecular formula is C14H24N2O2. The summed E-state index contributed by atoms with van der Waals surface area (Å²) >= 11 is 0. The second-order valence-corrected chi connectivity index (χ2v) is 5.15. The standard InChI is InChI=1S/C14H24N2O2/c1-3-16-8-4-5-12(16)9-15(2)10-13-6-7-14(11-17)18-13/h6-7,12,17H,3-5,8-11H2,1-2H3. The second-order valence-electron chi connectivity index (χ2n) is 5.15. The maximum Gasteiger partial charge on any atom is 0.129 e. The zero-order chi connectivity index (χ0) is 13.0. The van der Waals surface area contributed by atoms with E-state index in [0.29, 0.717) is 11.8 Å². The molecule has 0 amide bonds. The Morgan fingerprint density at radius 1 is 1.44 bits per heavy atom. The molecule has 1 N–H and O–H groups in total. The lowest BCUT2D eigenvalue weighted by molar-refractivity contribution is 0.183. The topological polar surface area (TPSA) is 39.9 Å². The summed E-state index contributed by atoms with van der Waals surface area (Å²) in [6.45, 7) is 6.50. The molecule has 1 aliphatic rings. The Balaban J connectivity index is 1.82. The first kappa shape index (κ1) is 13.6. The minimum Gasteiger partial charge on any atom is -0.462 e. The molecule has 1 aromatic heterocycles. The highest BCUT2D eigenvalue weighted by Crippen LogP contribution is 2.18. The molecule has 4 nitrogen and oxygen atoms in total. The summed E-state index contributed by atoms with van der Waals surface area (Å²) in [7, 11) is 2.13. The van der Waals surface area contributed by atoms with Crippen LogP contribution in [0.15, 0.2) is 16.5 Å². The number of rotatable bonds is 6. The van der Waals surface area contributed by atoms with Gasteiger partial charge in [0.2, 0.25) is 0 Å². The van der Waals surface area contributed by atoms with Gasteiger partial charge in [-0.15, -0.1) is 0 Å². The average molecular weight is 252 g/mol. The first-order valence-corrected chi connectivity index (χ1v) is 6.84. The highest BCUT2D eigenvalue weighted by molar-refractivity contribution is 5.06. The molecule has 2 rings (SSSR count). The molecule has 1 aromatic rings. The van der Waals surface area contributed by atoms with Gasteiger partial charge in [0.05, 0.1) is 6.54 Å². The Bertz CT molecular complexity index is 364. The third-order valence-electron chi connectivity index (χ3n) is 3.73. The second kappa shape index (κ2) is 6.36. The summed E-state index contributed by atoms with van der Waals surface area (Å²) in [4.78, 5) is 4.86. The van der Waals surface area contributed by atoms with Crippen LogP contribution in [0.4, 0.5) is 0 Å². The normalized spacial score (nSPS) is 21.0. The van der Waals surface area contributed by atoms with Crippen molar-refractivity contribution in [3.05, 3.63) is 23.7 Å². The molecule has 0 bridgehead atoms. The zero-order valence-corrected chi connectivity index (χ0v) is 11.4. The van der Waals surface area contributed by atoms with Gasteiger partial charge in [-0.1, -0.05) is 6.92 Å². The van der Waals surface area contributed by atoms with Crippen LogP contribution in [0, 0.1) is 0 Å². The summed E-state index contributed by atoms with van der Waals surface area (Å²) < 4.78 is 5.52. The largest absolute Gasteiger partial charge is 0.462 e. The van der Waals surface area contributed by atoms with Gasteiger partial charge < -0.3 is 9.52 Å². The highest BCUT2D eigenvalue weighted by Gasteiger charge is 2.24. The Morgan fingerprint density at radius 2 is 2.22 bits per heavy atom. The van der Waals surface area contributed by atoms with Crippen molar-refractivity contribution >= 4 is 0 Å². The first-order valence-electron chi connectivity index (χ1n) is 6.84. The van der Waals surface area contributed by atoms with Gasteiger partial charge in [0.1, 0.15) is 18.1 Å². The predicted octanol–water partition coefficient (Wildman–Crippen LogP) is 1.69. The fourth-order valence-electron chi connectivity index (χ4n) is 2.80. The zero-order valence-electron chi connectivity index (χ0n) is 11.4. The molecule has 18 heavy (non-hydrogen) atoms. The summed E-state index contributed by atoms with van der Waals surface area (Å²) in [6.07, 6.45) is 2.62. The Morgan fingerprint density at radius 3 is 2.89 bits per heavy atom. The number of furan rings is 1. The third-order valence-corrected chi connectivity index (χ3v) is 3.73. The van der Waals surface area contributed by atoms with Gasteiger partial charge in [-0.3, -0.25) is 9.80 Å². The highest BCUT2D eigenvalue weighted by atomic mass is 16.4. The maximum atomic E-state index is 8.97. The molecule has 102 valence electrons. The quantitative estimate of drug-likeness (QED) is 0.836. The van der Waals surface area contributed by atoms with Crippen LogP contribution >= 0.6 is 0 Å². The molecule has 1 atom stereocenters. The molecule has 0 saturated carbocycles. The number of aliphatic hydroxyl groups excluding tert-OH is 1. The van der Waals surface area contributed by atoms with Gasteiger partial charge >= 0.3 is 0 Å². The van der Waals surface area contributed by atoms with E-state index in [0.717, 1.165) is 25.4 Å². The Kier molecular flexibility index (Phi) is 4.80. The van der Waals surface area contributed by atoms with E-state index in [-0.39, 0.29) is 6.61 Å². The SMILES string of the molecule is CCN1CCCC1CN(C)Cc1ccc(CO)o1. The van der Waals surface area contributed by atoms with Crippen molar-refractivity contribution in [1.29, 1.82) is 0 Å². The average Bonchev–Trinajstić information content (AvgIpc) is 2.97. The molecule has 1 fully saturated rings. The number of nitrogens with zero attached hydrogens (tertiary/aromatic N) is 2. The van der Waals surface area contributed by atoms with Crippen LogP contribution in [-0.2, 0) is 13.2 Å². The molecule has 0 spiro atoms. The van der Waals surface area contributed by atoms with E-state index in [1.165, 1.54) is 19.4 Å². The van der Waals surface area contributed by atoms with Crippen molar-refractivity contribution in [2.45, 2.75) is 39.0 Å². The van der Waals surface area contributed by atoms with E-state index >= 15 is 0 Å². The van der Waals surface area contributed by atoms with E-state index in [9.17, 15) is 0 Å². The molecule has 0 radical (unpaired) electrons. The molecular weight excluding hydrogens is 228 g/mol. The fourth-order valence-corrected chi connectivity index (χ4v) is 2.80. The van der Waals surface area contributed by atoms with Crippen molar-refractivity contribution in [3.63, 3.8) is 0 Å². The van der Waals surface area contributed by atoms with Gasteiger partial charge in [0.25, 0.3) is 0 Å². The fraction of sp³-hybridized carbons (Fsp3) is 0.714. The number of likely N-dealkylation sites (N-methyl/N-ethyl adjacent to an activating group) is 2. The van der Waals surface area contributed by atoms with Crippen molar-refractivity contribution in [1.82, 2.24) is 9.80 Å². The van der Waals surface area contributed by atoms with E-state index in [2.05, 4.69) is 23.8 Å². The van der Waals surface area contributed by atoms with Gasteiger partial charge in [0, 0.05) is 12.6 Å². The molecule has 1 aliphatic heterocycles. The van der Waals surface area contributed by atoms with E-state index in [1.807, 2.05) is 12.1 Å². The van der Waals surface area contributed by atoms with E-state index < -0.39 is 0 Å². The minimum atomic E-state index is -0.0179. The lowest BCUT2D eigenvalue weighted by atomic mass is 10.2. The van der Waals surface area contributed by atoms with Crippen molar-refractivity contribution in [3.8, 4) is 0 Å². The summed E-state index contributed by atoms with van der Waals surface area (Å²) in [5, 5.41) is 8.97. The van der Waals surface area contributed by atoms with Crippen molar-refractivity contribution < 1.29 is 9.52 Å². The monoisotopic (exact) mass is 252 g/mol. The third kappa shape index (κ3) is 3.34. The first-order chi connectivity index (χ1) is 8.72. The van der Waals surface area contributed by atoms with Crippen LogP contribution in [0.2, 0.25) is 0 Å². The summed E-state index contributed by atoms with van der Waals surface area (Å²) in [5.41, 5.74) is 0. The lowest BCUT2D eigenvalue weighted by Crippen LogP contribution is -2.38. The number of hydrogen-bond donors (Lipinski definition) is 1. The molecule has 2 heterocycles. The predicted molar refractivity (Wildman–Crippen MR) is 71.2 cm³/mol. The Hall–Kier alpha value is -0.840. The molecule has 1 unspecified atom stereocenters. The van der Waals surface area contributed by atoms with Crippen molar-refractivity contribution in [2.75, 3.05) is 26.7 Å². The molecule has 0 aliphatic carbocycles. The number of hydrogen-bond acceptors (Lipinski definition) is 4. The van der Waals surface area contributed by atoms with E-state index in [4.69, 9.17) is 9.52 Å². The maximum absolute atomic E-state index is 8.97. The van der Waals surface area contributed by atoms with Gasteiger partial charge in [-0.05, 0) is 45.1 Å². The van der Waals surface area contributed by atoms with Crippen LogP contribution in [0.5, 0.6) is 0 Å². The number of aliphatic hydroxyl groups is 1. The number of likely N-dealkylation sites (tertiary alicyclic amines) is 1. The summed E-state index contributed by atoms with van der Waals surface area (Å²) in [5.74, 6) is 1.58. The molecule has 0 aromatic carbocycles. The van der Waals surface area contributed by atoms with Gasteiger partial charge in [0.15, 0.2) is 0 Å². The van der Waals surface area contributed by atoms with Gasteiger partial charge in [-0.25, -0.2) is 0 Å².